The Kier molecular flexibility index (Phi) is 5.54. The first-order valence-electron chi connectivity index (χ1n) is 8.19. The monoisotopic (exact) mass is 330 g/mol. The minimum atomic E-state index is -0.266. The van der Waals surface area contributed by atoms with Crippen LogP contribution in [0.5, 0.6) is 0 Å². The van der Waals surface area contributed by atoms with Crippen molar-refractivity contribution in [2.45, 2.75) is 52.1 Å². The Morgan fingerprint density at radius 1 is 1.29 bits per heavy atom. The highest BCUT2D eigenvalue weighted by molar-refractivity contribution is 5.74. The van der Waals surface area contributed by atoms with Crippen molar-refractivity contribution >= 4 is 6.03 Å². The lowest BCUT2D eigenvalue weighted by atomic mass is 9.82. The zero-order chi connectivity index (χ0) is 17.7. The maximum atomic E-state index is 12.0. The predicted octanol–water partition coefficient (Wildman–Crippen LogP) is 2.46. The molecule has 1 aromatic heterocycles. The molecule has 2 amide bonds. The summed E-state index contributed by atoms with van der Waals surface area (Å²) in [7, 11) is 1.74. The number of aromatic nitrogens is 4. The summed E-state index contributed by atoms with van der Waals surface area (Å²) in [6.45, 7) is 8.97. The number of nitrogens with one attached hydrogen (secondary N) is 2. The summed E-state index contributed by atoms with van der Waals surface area (Å²) >= 11 is 0. The number of amides is 2. The van der Waals surface area contributed by atoms with Crippen molar-refractivity contribution < 1.29 is 4.79 Å². The van der Waals surface area contributed by atoms with Gasteiger partial charge in [-0.1, -0.05) is 45.0 Å². The van der Waals surface area contributed by atoms with Crippen LogP contribution in [0.2, 0.25) is 0 Å². The number of urea groups is 1. The summed E-state index contributed by atoms with van der Waals surface area (Å²) in [4.78, 5) is 12.0. The van der Waals surface area contributed by atoms with Gasteiger partial charge in [0.05, 0.1) is 6.04 Å². The number of carbonyl (C=O) groups is 1. The Balaban J connectivity index is 1.87. The van der Waals surface area contributed by atoms with Crippen LogP contribution in [0.25, 0.3) is 0 Å². The molecule has 0 aliphatic carbocycles. The molecular formula is C17H26N6O. The van der Waals surface area contributed by atoms with Crippen molar-refractivity contribution in [1.29, 1.82) is 0 Å². The van der Waals surface area contributed by atoms with Gasteiger partial charge < -0.3 is 10.6 Å². The van der Waals surface area contributed by atoms with Gasteiger partial charge in [-0.3, -0.25) is 0 Å². The maximum Gasteiger partial charge on any atom is 0.315 e. The van der Waals surface area contributed by atoms with Crippen molar-refractivity contribution in [1.82, 2.24) is 30.8 Å². The van der Waals surface area contributed by atoms with Crippen LogP contribution < -0.4 is 10.6 Å². The van der Waals surface area contributed by atoms with Gasteiger partial charge in [-0.25, -0.2) is 9.48 Å². The van der Waals surface area contributed by atoms with Crippen LogP contribution in [0.4, 0.5) is 4.79 Å². The fourth-order valence-corrected chi connectivity index (χ4v) is 2.38. The minimum absolute atomic E-state index is 0.170. The molecule has 0 radical (unpaired) electrons. The van der Waals surface area contributed by atoms with Gasteiger partial charge in [-0.2, -0.15) is 0 Å². The second-order valence-corrected chi connectivity index (χ2v) is 6.64. The van der Waals surface area contributed by atoms with Crippen molar-refractivity contribution in [3.05, 3.63) is 41.2 Å². The van der Waals surface area contributed by atoms with E-state index in [0.29, 0.717) is 12.4 Å². The number of aryl methyl sites for hydroxylation is 1. The highest BCUT2D eigenvalue weighted by atomic mass is 16.2. The molecule has 0 unspecified atom stereocenters. The zero-order valence-corrected chi connectivity index (χ0v) is 15.0. The first kappa shape index (κ1) is 17.9. The molecule has 7 heteroatoms. The molecule has 7 nitrogen and oxygen atoms in total. The van der Waals surface area contributed by atoms with E-state index in [4.69, 9.17) is 0 Å². The molecule has 24 heavy (non-hydrogen) atoms. The molecule has 0 spiro atoms. The molecule has 1 atom stereocenters. The lowest BCUT2D eigenvalue weighted by Crippen LogP contribution is -2.37. The summed E-state index contributed by atoms with van der Waals surface area (Å²) in [6, 6.07) is 7.87. The highest BCUT2D eigenvalue weighted by Crippen LogP contribution is 2.26. The summed E-state index contributed by atoms with van der Waals surface area (Å²) in [5, 5.41) is 16.9. The summed E-state index contributed by atoms with van der Waals surface area (Å²) in [5.74, 6) is 0.608. The number of hydrogen-bond donors (Lipinski definition) is 2. The van der Waals surface area contributed by atoms with E-state index in [2.05, 4.69) is 71.2 Å². The van der Waals surface area contributed by atoms with E-state index >= 15 is 0 Å². The number of hydrogen-bond acceptors (Lipinski definition) is 4. The molecule has 1 heterocycles. The van der Waals surface area contributed by atoms with E-state index in [1.807, 2.05) is 6.92 Å². The maximum absolute atomic E-state index is 12.0. The van der Waals surface area contributed by atoms with Crippen molar-refractivity contribution in [3.63, 3.8) is 0 Å². The Morgan fingerprint density at radius 2 is 1.96 bits per heavy atom. The van der Waals surface area contributed by atoms with Gasteiger partial charge in [0.1, 0.15) is 0 Å². The standard InChI is InChI=1S/C17H26N6O/c1-6-17(3,4)14-9-7-13(8-10-14)11-18-16(24)19-12(2)15-20-21-22-23(15)5/h7-10,12H,6,11H2,1-5H3,(H2,18,19,24)/t12-/m0/s1. The largest absolute Gasteiger partial charge is 0.334 e. The summed E-state index contributed by atoms with van der Waals surface area (Å²) in [5.41, 5.74) is 2.54. The van der Waals surface area contributed by atoms with E-state index in [0.717, 1.165) is 12.0 Å². The fourth-order valence-electron chi connectivity index (χ4n) is 2.38. The van der Waals surface area contributed by atoms with Gasteiger partial charge in [0.25, 0.3) is 0 Å². The molecule has 2 aromatic rings. The molecule has 130 valence electrons. The summed E-state index contributed by atoms with van der Waals surface area (Å²) in [6.07, 6.45) is 1.09. The van der Waals surface area contributed by atoms with Crippen LogP contribution in [0.1, 0.15) is 57.1 Å². The first-order valence-corrected chi connectivity index (χ1v) is 8.19. The van der Waals surface area contributed by atoms with Gasteiger partial charge in [-0.05, 0) is 40.3 Å². The molecule has 0 bridgehead atoms. The van der Waals surface area contributed by atoms with E-state index in [-0.39, 0.29) is 17.5 Å². The Labute approximate surface area is 142 Å². The summed E-state index contributed by atoms with van der Waals surface area (Å²) < 4.78 is 1.54. The molecule has 0 aliphatic rings. The van der Waals surface area contributed by atoms with Gasteiger partial charge in [-0.15, -0.1) is 5.10 Å². The molecule has 1 aromatic carbocycles. The van der Waals surface area contributed by atoms with Gasteiger partial charge >= 0.3 is 6.03 Å². The van der Waals surface area contributed by atoms with E-state index in [1.54, 1.807) is 11.7 Å². The van der Waals surface area contributed by atoms with Crippen LogP contribution in [0.3, 0.4) is 0 Å². The zero-order valence-electron chi connectivity index (χ0n) is 15.0. The van der Waals surface area contributed by atoms with Gasteiger partial charge in [0.15, 0.2) is 5.82 Å². The fraction of sp³-hybridized carbons (Fsp3) is 0.529. The van der Waals surface area contributed by atoms with Crippen molar-refractivity contribution in [2.24, 2.45) is 7.05 Å². The van der Waals surface area contributed by atoms with Crippen LogP contribution in [0, 0.1) is 0 Å². The third-order valence-corrected chi connectivity index (χ3v) is 4.46. The molecule has 0 saturated heterocycles. The third kappa shape index (κ3) is 4.31. The van der Waals surface area contributed by atoms with Crippen LogP contribution in [-0.2, 0) is 19.0 Å². The van der Waals surface area contributed by atoms with E-state index in [9.17, 15) is 4.79 Å². The molecule has 0 fully saturated rings. The van der Waals surface area contributed by atoms with Crippen LogP contribution in [-0.4, -0.2) is 26.2 Å². The number of carbonyl (C=O) groups excluding carboxylic acids is 1. The number of benzene rings is 1. The molecule has 2 rings (SSSR count). The minimum Gasteiger partial charge on any atom is -0.334 e. The van der Waals surface area contributed by atoms with Gasteiger partial charge in [0, 0.05) is 13.6 Å². The molecule has 2 N–H and O–H groups in total. The lowest BCUT2D eigenvalue weighted by molar-refractivity contribution is 0.237. The topological polar surface area (TPSA) is 84.7 Å². The average molecular weight is 330 g/mol. The van der Waals surface area contributed by atoms with E-state index in [1.165, 1.54) is 5.56 Å². The van der Waals surface area contributed by atoms with Crippen molar-refractivity contribution in [3.8, 4) is 0 Å². The Hall–Kier alpha value is -2.44. The van der Waals surface area contributed by atoms with Crippen LogP contribution >= 0.6 is 0 Å². The SMILES string of the molecule is CCC(C)(C)c1ccc(CNC(=O)N[C@@H](C)c2nnnn2C)cc1. The quantitative estimate of drug-likeness (QED) is 0.852. The number of rotatable bonds is 6. The van der Waals surface area contributed by atoms with Crippen molar-refractivity contribution in [2.75, 3.05) is 0 Å². The Bertz CT molecular complexity index is 677. The molecule has 0 saturated carbocycles. The second kappa shape index (κ2) is 7.42. The van der Waals surface area contributed by atoms with E-state index < -0.39 is 0 Å². The Morgan fingerprint density at radius 3 is 2.50 bits per heavy atom. The number of nitrogens with zero attached hydrogens (tertiary/aromatic N) is 4. The normalized spacial score (nSPS) is 12.7. The predicted molar refractivity (Wildman–Crippen MR) is 92.3 cm³/mol. The van der Waals surface area contributed by atoms with Crippen LogP contribution in [0.15, 0.2) is 24.3 Å². The average Bonchev–Trinajstić information content (AvgIpc) is 2.99. The number of tetrazole rings is 1. The molecule has 0 aliphatic heterocycles. The third-order valence-electron chi connectivity index (χ3n) is 4.46. The smallest absolute Gasteiger partial charge is 0.315 e. The highest BCUT2D eigenvalue weighted by Gasteiger charge is 2.18. The first-order chi connectivity index (χ1) is 11.3. The lowest BCUT2D eigenvalue weighted by Gasteiger charge is -2.23. The van der Waals surface area contributed by atoms with Gasteiger partial charge in [0.2, 0.25) is 0 Å². The molecular weight excluding hydrogens is 304 g/mol. The second-order valence-electron chi connectivity index (χ2n) is 6.64.